The van der Waals surface area contributed by atoms with Crippen molar-refractivity contribution in [1.82, 2.24) is 0 Å². The quantitative estimate of drug-likeness (QED) is 0.641. The van der Waals surface area contributed by atoms with Gasteiger partial charge in [-0.1, -0.05) is 12.1 Å². The summed E-state index contributed by atoms with van der Waals surface area (Å²) in [6.07, 6.45) is 0.904. The van der Waals surface area contributed by atoms with E-state index in [0.29, 0.717) is 6.61 Å². The molecule has 1 aromatic carbocycles. The Labute approximate surface area is 76.4 Å². The van der Waals surface area contributed by atoms with Gasteiger partial charge in [0.15, 0.2) is 17.1 Å². The molecule has 68 valence electrons. The largest absolute Gasteiger partial charge is 0.485 e. The van der Waals surface area contributed by atoms with E-state index in [1.165, 1.54) is 0 Å². The highest BCUT2D eigenvalue weighted by atomic mass is 16.6. The van der Waals surface area contributed by atoms with Gasteiger partial charge in [-0.2, -0.15) is 0 Å². The number of hydrogen-bond donors (Lipinski definition) is 1. The minimum atomic E-state index is -0.214. The summed E-state index contributed by atoms with van der Waals surface area (Å²) in [4.78, 5) is 0. The standard InChI is InChI=1S/C10H11NO2/c11-9-5-10(9)6-12-7-3-1-2-4-8(7)13-10/h1-4,9H,5-6,11H2. The van der Waals surface area contributed by atoms with Gasteiger partial charge in [-0.15, -0.1) is 0 Å². The summed E-state index contributed by atoms with van der Waals surface area (Å²) in [5.74, 6) is 1.65. The van der Waals surface area contributed by atoms with Gasteiger partial charge in [0.25, 0.3) is 0 Å². The van der Waals surface area contributed by atoms with Gasteiger partial charge in [0, 0.05) is 6.42 Å². The summed E-state index contributed by atoms with van der Waals surface area (Å²) in [6.45, 7) is 0.588. The number of benzene rings is 1. The maximum absolute atomic E-state index is 5.79. The fourth-order valence-corrected chi connectivity index (χ4v) is 1.70. The second kappa shape index (κ2) is 2.17. The maximum Gasteiger partial charge on any atom is 0.162 e. The van der Waals surface area contributed by atoms with E-state index in [1.807, 2.05) is 24.3 Å². The van der Waals surface area contributed by atoms with Crippen molar-refractivity contribution in [2.75, 3.05) is 6.61 Å². The summed E-state index contributed by atoms with van der Waals surface area (Å²) >= 11 is 0. The third kappa shape index (κ3) is 0.937. The second-order valence-corrected chi connectivity index (χ2v) is 3.71. The minimum absolute atomic E-state index is 0.140. The van der Waals surface area contributed by atoms with Crippen LogP contribution in [0.25, 0.3) is 0 Å². The van der Waals surface area contributed by atoms with Gasteiger partial charge in [0.1, 0.15) is 6.61 Å². The Hall–Kier alpha value is -1.22. The first kappa shape index (κ1) is 7.21. The molecule has 0 aromatic heterocycles. The zero-order chi connectivity index (χ0) is 8.89. The SMILES string of the molecule is NC1CC12COc1ccccc1O2. The predicted octanol–water partition coefficient (Wildman–Crippen LogP) is 0.928. The predicted molar refractivity (Wildman–Crippen MR) is 47.9 cm³/mol. The normalized spacial score (nSPS) is 34.7. The van der Waals surface area contributed by atoms with E-state index >= 15 is 0 Å². The molecular formula is C10H11NO2. The Morgan fingerprint density at radius 1 is 1.31 bits per heavy atom. The van der Waals surface area contributed by atoms with Crippen LogP contribution in [0.1, 0.15) is 6.42 Å². The van der Waals surface area contributed by atoms with Crippen LogP contribution in [-0.4, -0.2) is 18.2 Å². The molecule has 0 radical (unpaired) electrons. The first-order chi connectivity index (χ1) is 6.30. The summed E-state index contributed by atoms with van der Waals surface area (Å²) < 4.78 is 11.4. The van der Waals surface area contributed by atoms with Crippen LogP contribution in [-0.2, 0) is 0 Å². The van der Waals surface area contributed by atoms with Crippen LogP contribution in [0, 0.1) is 0 Å². The van der Waals surface area contributed by atoms with Crippen LogP contribution in [0.5, 0.6) is 11.5 Å². The lowest BCUT2D eigenvalue weighted by Gasteiger charge is -2.26. The molecule has 0 amide bonds. The van der Waals surface area contributed by atoms with Crippen LogP contribution in [0.15, 0.2) is 24.3 Å². The molecule has 2 unspecified atom stereocenters. The molecule has 3 rings (SSSR count). The summed E-state index contributed by atoms with van der Waals surface area (Å²) in [5.41, 5.74) is 5.57. The van der Waals surface area contributed by atoms with Crippen LogP contribution in [0.2, 0.25) is 0 Å². The third-order valence-electron chi connectivity index (χ3n) is 2.72. The number of rotatable bonds is 0. The van der Waals surface area contributed by atoms with E-state index in [1.54, 1.807) is 0 Å². The number of ether oxygens (including phenoxy) is 2. The van der Waals surface area contributed by atoms with Crippen LogP contribution >= 0.6 is 0 Å². The van der Waals surface area contributed by atoms with Crippen molar-refractivity contribution in [3.8, 4) is 11.5 Å². The van der Waals surface area contributed by atoms with Crippen LogP contribution in [0.4, 0.5) is 0 Å². The molecule has 1 aliphatic carbocycles. The Kier molecular flexibility index (Phi) is 1.21. The first-order valence-electron chi connectivity index (χ1n) is 4.47. The molecule has 2 N–H and O–H groups in total. The highest BCUT2D eigenvalue weighted by Crippen LogP contribution is 2.45. The summed E-state index contributed by atoms with van der Waals surface area (Å²) in [7, 11) is 0. The van der Waals surface area contributed by atoms with Gasteiger partial charge in [0.2, 0.25) is 0 Å². The number of para-hydroxylation sites is 2. The molecule has 1 aliphatic heterocycles. The van der Waals surface area contributed by atoms with Crippen molar-refractivity contribution in [2.24, 2.45) is 5.73 Å². The molecule has 0 bridgehead atoms. The molecule has 1 saturated carbocycles. The van der Waals surface area contributed by atoms with E-state index in [4.69, 9.17) is 15.2 Å². The van der Waals surface area contributed by atoms with Crippen molar-refractivity contribution in [1.29, 1.82) is 0 Å². The average molecular weight is 177 g/mol. The minimum Gasteiger partial charge on any atom is -0.485 e. The molecule has 1 heterocycles. The van der Waals surface area contributed by atoms with Crippen molar-refractivity contribution in [3.05, 3.63) is 24.3 Å². The van der Waals surface area contributed by atoms with Gasteiger partial charge in [-0.05, 0) is 12.1 Å². The van der Waals surface area contributed by atoms with E-state index in [2.05, 4.69) is 0 Å². The van der Waals surface area contributed by atoms with E-state index in [0.717, 1.165) is 17.9 Å². The van der Waals surface area contributed by atoms with Gasteiger partial charge in [0.05, 0.1) is 6.04 Å². The maximum atomic E-state index is 5.79. The van der Waals surface area contributed by atoms with Gasteiger partial charge < -0.3 is 15.2 Å². The van der Waals surface area contributed by atoms with Gasteiger partial charge in [-0.25, -0.2) is 0 Å². The highest BCUT2D eigenvalue weighted by Gasteiger charge is 2.57. The Morgan fingerprint density at radius 3 is 2.69 bits per heavy atom. The van der Waals surface area contributed by atoms with Crippen molar-refractivity contribution in [3.63, 3.8) is 0 Å². The monoisotopic (exact) mass is 177 g/mol. The molecule has 13 heavy (non-hydrogen) atoms. The molecule has 3 heteroatoms. The summed E-state index contributed by atoms with van der Waals surface area (Å²) in [5, 5.41) is 0. The topological polar surface area (TPSA) is 44.5 Å². The average Bonchev–Trinajstić information content (AvgIpc) is 2.76. The number of nitrogens with two attached hydrogens (primary N) is 1. The second-order valence-electron chi connectivity index (χ2n) is 3.71. The molecule has 0 saturated heterocycles. The van der Waals surface area contributed by atoms with E-state index in [9.17, 15) is 0 Å². The van der Waals surface area contributed by atoms with Crippen LogP contribution < -0.4 is 15.2 Å². The summed E-state index contributed by atoms with van der Waals surface area (Å²) in [6, 6.07) is 7.85. The molecule has 1 aromatic rings. The van der Waals surface area contributed by atoms with E-state index in [-0.39, 0.29) is 11.6 Å². The van der Waals surface area contributed by atoms with Crippen LogP contribution in [0.3, 0.4) is 0 Å². The molecule has 1 spiro atoms. The molecular weight excluding hydrogens is 166 g/mol. The zero-order valence-electron chi connectivity index (χ0n) is 7.19. The number of hydrogen-bond acceptors (Lipinski definition) is 3. The van der Waals surface area contributed by atoms with E-state index < -0.39 is 0 Å². The fourth-order valence-electron chi connectivity index (χ4n) is 1.70. The lowest BCUT2D eigenvalue weighted by Crippen LogP contribution is -2.37. The molecule has 2 aliphatic rings. The highest BCUT2D eigenvalue weighted by molar-refractivity contribution is 5.43. The van der Waals surface area contributed by atoms with Gasteiger partial charge in [-0.3, -0.25) is 0 Å². The van der Waals surface area contributed by atoms with Crippen molar-refractivity contribution < 1.29 is 9.47 Å². The Bertz CT molecular complexity index is 353. The Balaban J connectivity index is 1.96. The molecule has 3 nitrogen and oxygen atoms in total. The number of fused-ring (bicyclic) bond motifs is 1. The molecule has 1 fully saturated rings. The van der Waals surface area contributed by atoms with Crippen molar-refractivity contribution in [2.45, 2.75) is 18.1 Å². The molecule has 2 atom stereocenters. The first-order valence-corrected chi connectivity index (χ1v) is 4.47. The lowest BCUT2D eigenvalue weighted by atomic mass is 10.2. The zero-order valence-corrected chi connectivity index (χ0v) is 7.19. The Morgan fingerprint density at radius 2 is 2.00 bits per heavy atom. The van der Waals surface area contributed by atoms with Crippen molar-refractivity contribution >= 4 is 0 Å². The third-order valence-corrected chi connectivity index (χ3v) is 2.72. The smallest absolute Gasteiger partial charge is 0.162 e. The van der Waals surface area contributed by atoms with Gasteiger partial charge >= 0.3 is 0 Å². The lowest BCUT2D eigenvalue weighted by molar-refractivity contribution is 0.0674. The fraction of sp³-hybridized carbons (Fsp3) is 0.400.